The van der Waals surface area contributed by atoms with E-state index in [1.807, 2.05) is 47.4 Å². The zero-order valence-corrected chi connectivity index (χ0v) is 11.9. The van der Waals surface area contributed by atoms with Crippen LogP contribution in [-0.4, -0.2) is 29.8 Å². The Labute approximate surface area is 124 Å². The summed E-state index contributed by atoms with van der Waals surface area (Å²) in [6.07, 6.45) is 7.79. The Morgan fingerprint density at radius 1 is 1.10 bits per heavy atom. The molecule has 2 amide bonds. The SMILES string of the molecule is O=C1CC=CC=C1N(C(=O)N1CCCC1)c1ccccc1. The van der Waals surface area contributed by atoms with Gasteiger partial charge in [0.25, 0.3) is 0 Å². The van der Waals surface area contributed by atoms with Gasteiger partial charge in [0.2, 0.25) is 0 Å². The number of benzene rings is 1. The number of urea groups is 1. The molecule has 3 rings (SSSR count). The summed E-state index contributed by atoms with van der Waals surface area (Å²) in [5.74, 6) is -0.0195. The van der Waals surface area contributed by atoms with Crippen LogP contribution in [0.25, 0.3) is 0 Å². The van der Waals surface area contributed by atoms with Crippen molar-refractivity contribution in [3.05, 3.63) is 54.3 Å². The third-order valence-corrected chi connectivity index (χ3v) is 3.80. The minimum absolute atomic E-state index is 0.0195. The van der Waals surface area contributed by atoms with Gasteiger partial charge in [-0.1, -0.05) is 30.4 Å². The first-order chi connectivity index (χ1) is 10.3. The van der Waals surface area contributed by atoms with E-state index in [1.54, 1.807) is 11.0 Å². The molecule has 1 aromatic rings. The van der Waals surface area contributed by atoms with Crippen LogP contribution in [0.2, 0.25) is 0 Å². The minimum Gasteiger partial charge on any atom is -0.324 e. The molecule has 2 aliphatic rings. The number of carbonyl (C=O) groups is 2. The number of hydrogen-bond donors (Lipinski definition) is 0. The minimum atomic E-state index is -0.103. The van der Waals surface area contributed by atoms with Gasteiger partial charge < -0.3 is 4.90 Å². The summed E-state index contributed by atoms with van der Waals surface area (Å²) in [7, 11) is 0. The summed E-state index contributed by atoms with van der Waals surface area (Å²) in [5, 5.41) is 0. The maximum Gasteiger partial charge on any atom is 0.329 e. The van der Waals surface area contributed by atoms with E-state index in [1.165, 1.54) is 0 Å². The Morgan fingerprint density at radius 3 is 2.48 bits per heavy atom. The van der Waals surface area contributed by atoms with Crippen LogP contribution in [0.3, 0.4) is 0 Å². The molecule has 0 saturated carbocycles. The van der Waals surface area contributed by atoms with E-state index in [9.17, 15) is 9.59 Å². The van der Waals surface area contributed by atoms with Crippen LogP contribution in [0, 0.1) is 0 Å². The topological polar surface area (TPSA) is 40.6 Å². The van der Waals surface area contributed by atoms with Gasteiger partial charge in [-0.2, -0.15) is 0 Å². The number of rotatable bonds is 2. The number of amides is 2. The van der Waals surface area contributed by atoms with E-state index < -0.39 is 0 Å². The van der Waals surface area contributed by atoms with Crippen LogP contribution in [0.4, 0.5) is 10.5 Å². The molecular weight excluding hydrogens is 264 g/mol. The van der Waals surface area contributed by atoms with Gasteiger partial charge in [0, 0.05) is 19.5 Å². The average Bonchev–Trinajstić information content (AvgIpc) is 3.05. The fraction of sp³-hybridized carbons (Fsp3) is 0.294. The molecule has 4 nitrogen and oxygen atoms in total. The molecule has 0 aromatic heterocycles. The molecule has 1 aromatic carbocycles. The third kappa shape index (κ3) is 2.75. The van der Waals surface area contributed by atoms with Crippen molar-refractivity contribution in [3.63, 3.8) is 0 Å². The molecule has 4 heteroatoms. The lowest BCUT2D eigenvalue weighted by molar-refractivity contribution is -0.114. The van der Waals surface area contributed by atoms with Crippen molar-refractivity contribution in [2.75, 3.05) is 18.0 Å². The molecule has 1 fully saturated rings. The second-order valence-electron chi connectivity index (χ2n) is 5.26. The van der Waals surface area contributed by atoms with Crippen LogP contribution in [0.15, 0.2) is 54.3 Å². The van der Waals surface area contributed by atoms with Crippen molar-refractivity contribution in [1.82, 2.24) is 4.90 Å². The number of nitrogens with zero attached hydrogens (tertiary/aromatic N) is 2. The smallest absolute Gasteiger partial charge is 0.324 e. The van der Waals surface area contributed by atoms with Crippen LogP contribution in [-0.2, 0) is 4.79 Å². The predicted octanol–water partition coefficient (Wildman–Crippen LogP) is 3.12. The lowest BCUT2D eigenvalue weighted by atomic mass is 10.1. The zero-order valence-electron chi connectivity index (χ0n) is 11.9. The number of Topliss-reactive ketones (excluding diaryl/α,β-unsaturated/α-hetero) is 1. The van der Waals surface area contributed by atoms with Gasteiger partial charge in [0.05, 0.1) is 11.4 Å². The number of ketones is 1. The average molecular weight is 282 g/mol. The maximum absolute atomic E-state index is 12.8. The Balaban J connectivity index is 1.98. The summed E-state index contributed by atoms with van der Waals surface area (Å²) < 4.78 is 0. The Kier molecular flexibility index (Phi) is 3.86. The van der Waals surface area contributed by atoms with Crippen molar-refractivity contribution >= 4 is 17.5 Å². The molecule has 1 aliphatic heterocycles. The normalized spacial score (nSPS) is 17.8. The highest BCUT2D eigenvalue weighted by Gasteiger charge is 2.30. The van der Waals surface area contributed by atoms with Crippen molar-refractivity contribution in [1.29, 1.82) is 0 Å². The molecule has 0 radical (unpaired) electrons. The number of likely N-dealkylation sites (tertiary alicyclic amines) is 1. The quantitative estimate of drug-likeness (QED) is 0.836. The highest BCUT2D eigenvalue weighted by Crippen LogP contribution is 2.25. The highest BCUT2D eigenvalue weighted by molar-refractivity contribution is 6.09. The second-order valence-corrected chi connectivity index (χ2v) is 5.26. The first-order valence-electron chi connectivity index (χ1n) is 7.31. The van der Waals surface area contributed by atoms with Crippen LogP contribution < -0.4 is 4.90 Å². The Morgan fingerprint density at radius 2 is 1.81 bits per heavy atom. The molecule has 0 spiro atoms. The summed E-state index contributed by atoms with van der Waals surface area (Å²) >= 11 is 0. The van der Waals surface area contributed by atoms with E-state index in [2.05, 4.69) is 0 Å². The monoisotopic (exact) mass is 282 g/mol. The lowest BCUT2D eigenvalue weighted by Gasteiger charge is -2.29. The van der Waals surface area contributed by atoms with Crippen molar-refractivity contribution in [2.24, 2.45) is 0 Å². The zero-order chi connectivity index (χ0) is 14.7. The molecular formula is C17H18N2O2. The van der Waals surface area contributed by atoms with Gasteiger partial charge in [0.1, 0.15) is 0 Å². The summed E-state index contributed by atoms with van der Waals surface area (Å²) in [5.41, 5.74) is 1.20. The van der Waals surface area contributed by atoms with E-state index >= 15 is 0 Å². The molecule has 1 heterocycles. The van der Waals surface area contributed by atoms with Gasteiger partial charge in [-0.25, -0.2) is 4.79 Å². The third-order valence-electron chi connectivity index (χ3n) is 3.80. The Hall–Kier alpha value is -2.36. The van der Waals surface area contributed by atoms with Gasteiger partial charge in [0.15, 0.2) is 5.78 Å². The maximum atomic E-state index is 12.8. The van der Waals surface area contributed by atoms with Crippen LogP contribution in [0.1, 0.15) is 19.3 Å². The van der Waals surface area contributed by atoms with Gasteiger partial charge in [-0.15, -0.1) is 0 Å². The summed E-state index contributed by atoms with van der Waals surface area (Å²) in [6, 6.07) is 9.28. The van der Waals surface area contributed by atoms with E-state index in [4.69, 9.17) is 0 Å². The lowest BCUT2D eigenvalue weighted by Crippen LogP contribution is -2.43. The fourth-order valence-corrected chi connectivity index (χ4v) is 2.71. The molecule has 108 valence electrons. The largest absolute Gasteiger partial charge is 0.329 e. The molecule has 0 atom stereocenters. The molecule has 1 saturated heterocycles. The van der Waals surface area contributed by atoms with E-state index in [-0.39, 0.29) is 11.8 Å². The first kappa shape index (κ1) is 13.6. The number of anilines is 1. The number of para-hydroxylation sites is 1. The fourth-order valence-electron chi connectivity index (χ4n) is 2.71. The van der Waals surface area contributed by atoms with Crippen molar-refractivity contribution in [2.45, 2.75) is 19.3 Å². The molecule has 0 bridgehead atoms. The number of allylic oxidation sites excluding steroid dienone is 4. The molecule has 21 heavy (non-hydrogen) atoms. The standard InChI is InChI=1S/C17H18N2O2/c20-16-11-5-4-10-15(16)19(14-8-2-1-3-9-14)17(21)18-12-6-7-13-18/h1-5,8-10H,6-7,11-13H2. The Bertz CT molecular complexity index is 598. The van der Waals surface area contributed by atoms with Gasteiger partial charge in [-0.3, -0.25) is 9.69 Å². The van der Waals surface area contributed by atoms with Crippen molar-refractivity contribution < 1.29 is 9.59 Å². The number of hydrogen-bond acceptors (Lipinski definition) is 2. The highest BCUT2D eigenvalue weighted by atomic mass is 16.2. The summed E-state index contributed by atoms with van der Waals surface area (Å²) in [6.45, 7) is 1.53. The molecule has 0 unspecified atom stereocenters. The predicted molar refractivity (Wildman–Crippen MR) is 82.0 cm³/mol. The van der Waals surface area contributed by atoms with E-state index in [0.717, 1.165) is 31.6 Å². The first-order valence-corrected chi connectivity index (χ1v) is 7.31. The van der Waals surface area contributed by atoms with Gasteiger partial charge in [-0.05, 0) is 31.1 Å². The molecule has 0 N–H and O–H groups in total. The van der Waals surface area contributed by atoms with Crippen LogP contribution in [0.5, 0.6) is 0 Å². The second kappa shape index (κ2) is 5.95. The number of carbonyl (C=O) groups excluding carboxylic acids is 2. The van der Waals surface area contributed by atoms with E-state index in [0.29, 0.717) is 12.1 Å². The molecule has 1 aliphatic carbocycles. The van der Waals surface area contributed by atoms with Crippen LogP contribution >= 0.6 is 0 Å². The van der Waals surface area contributed by atoms with Crippen molar-refractivity contribution in [3.8, 4) is 0 Å². The van der Waals surface area contributed by atoms with Gasteiger partial charge >= 0.3 is 6.03 Å². The summed E-state index contributed by atoms with van der Waals surface area (Å²) in [4.78, 5) is 28.4.